The molecule has 0 atom stereocenters. The minimum absolute atomic E-state index is 0.591. The smallest absolute Gasteiger partial charge is 0.110 e. The Morgan fingerprint density at radius 3 is 2.75 bits per heavy atom. The van der Waals surface area contributed by atoms with Crippen LogP contribution in [0.2, 0.25) is 0 Å². The predicted molar refractivity (Wildman–Crippen MR) is 82.8 cm³/mol. The van der Waals surface area contributed by atoms with Crippen LogP contribution in [0.1, 0.15) is 37.4 Å². The molecule has 4 heteroatoms. The van der Waals surface area contributed by atoms with Gasteiger partial charge >= 0.3 is 0 Å². The maximum Gasteiger partial charge on any atom is 0.110 e. The van der Waals surface area contributed by atoms with E-state index in [0.717, 1.165) is 24.0 Å². The highest BCUT2D eigenvalue weighted by atomic mass is 15.1. The molecule has 0 amide bonds. The highest BCUT2D eigenvalue weighted by Gasteiger charge is 2.22. The van der Waals surface area contributed by atoms with Gasteiger partial charge in [0.05, 0.1) is 11.0 Å². The second-order valence-corrected chi connectivity index (χ2v) is 5.75. The molecule has 0 unspecified atom stereocenters. The van der Waals surface area contributed by atoms with Gasteiger partial charge in [-0.3, -0.25) is 0 Å². The number of fused-ring (bicyclic) bond motifs is 1. The number of aromatic amines is 1. The van der Waals surface area contributed by atoms with E-state index in [0.29, 0.717) is 5.92 Å². The summed E-state index contributed by atoms with van der Waals surface area (Å²) in [7, 11) is 0. The van der Waals surface area contributed by atoms with E-state index in [1.165, 1.54) is 44.7 Å². The van der Waals surface area contributed by atoms with Gasteiger partial charge in [-0.1, -0.05) is 12.1 Å². The van der Waals surface area contributed by atoms with Crippen LogP contribution in [-0.4, -0.2) is 41.0 Å². The zero-order valence-corrected chi connectivity index (χ0v) is 12.0. The number of hydrogen-bond acceptors (Lipinski definition) is 3. The van der Waals surface area contributed by atoms with Crippen molar-refractivity contribution in [3.63, 3.8) is 0 Å². The average Bonchev–Trinajstić information content (AvgIpc) is 2.92. The Morgan fingerprint density at radius 2 is 2.00 bits per heavy atom. The number of unbranched alkanes of at least 4 members (excludes halogenated alkanes) is 1. The van der Waals surface area contributed by atoms with Crippen molar-refractivity contribution in [2.24, 2.45) is 5.73 Å². The average molecular weight is 272 g/mol. The van der Waals surface area contributed by atoms with E-state index in [1.807, 2.05) is 6.07 Å². The van der Waals surface area contributed by atoms with E-state index >= 15 is 0 Å². The number of nitrogens with two attached hydrogens (primary N) is 1. The van der Waals surface area contributed by atoms with Crippen LogP contribution >= 0.6 is 0 Å². The van der Waals surface area contributed by atoms with Gasteiger partial charge in [0.15, 0.2) is 0 Å². The van der Waals surface area contributed by atoms with E-state index in [4.69, 9.17) is 10.7 Å². The number of likely N-dealkylation sites (tertiary alicyclic amines) is 1. The Balaban J connectivity index is 1.57. The number of aromatic nitrogens is 2. The minimum Gasteiger partial charge on any atom is -0.342 e. The van der Waals surface area contributed by atoms with E-state index in [-0.39, 0.29) is 0 Å². The van der Waals surface area contributed by atoms with E-state index in [9.17, 15) is 0 Å². The lowest BCUT2D eigenvalue weighted by molar-refractivity contribution is 0.206. The Labute approximate surface area is 120 Å². The van der Waals surface area contributed by atoms with Crippen molar-refractivity contribution in [2.75, 3.05) is 26.2 Å². The van der Waals surface area contributed by atoms with E-state index in [1.54, 1.807) is 0 Å². The number of hydrogen-bond donors (Lipinski definition) is 2. The molecule has 3 N–H and O–H groups in total. The quantitative estimate of drug-likeness (QED) is 0.822. The number of piperidine rings is 1. The number of imidazole rings is 1. The normalized spacial score (nSPS) is 17.9. The molecule has 1 aromatic carbocycles. The molecule has 0 aliphatic carbocycles. The number of para-hydroxylation sites is 2. The maximum atomic E-state index is 5.55. The zero-order valence-electron chi connectivity index (χ0n) is 12.0. The molecule has 1 fully saturated rings. The summed E-state index contributed by atoms with van der Waals surface area (Å²) in [6.07, 6.45) is 4.79. The van der Waals surface area contributed by atoms with Gasteiger partial charge in [-0.25, -0.2) is 4.98 Å². The molecule has 1 aromatic heterocycles. The van der Waals surface area contributed by atoms with Crippen LogP contribution in [-0.2, 0) is 0 Å². The molecule has 1 aliphatic heterocycles. The summed E-state index contributed by atoms with van der Waals surface area (Å²) in [4.78, 5) is 10.8. The van der Waals surface area contributed by atoms with Crippen molar-refractivity contribution in [1.82, 2.24) is 14.9 Å². The molecule has 3 rings (SSSR count). The van der Waals surface area contributed by atoms with Crippen molar-refractivity contribution in [3.05, 3.63) is 30.1 Å². The van der Waals surface area contributed by atoms with Gasteiger partial charge in [0.25, 0.3) is 0 Å². The Hall–Kier alpha value is -1.39. The lowest BCUT2D eigenvalue weighted by atomic mass is 9.96. The topological polar surface area (TPSA) is 57.9 Å². The second kappa shape index (κ2) is 6.37. The van der Waals surface area contributed by atoms with Gasteiger partial charge in [-0.15, -0.1) is 0 Å². The summed E-state index contributed by atoms with van der Waals surface area (Å²) in [5, 5.41) is 0. The predicted octanol–water partition coefficient (Wildman–Crippen LogP) is 2.48. The number of benzene rings is 1. The van der Waals surface area contributed by atoms with Crippen molar-refractivity contribution in [3.8, 4) is 0 Å². The fraction of sp³-hybridized carbons (Fsp3) is 0.562. The SMILES string of the molecule is NCCCCN1CCC(c2nc3ccccc3[nH]2)CC1. The fourth-order valence-electron chi connectivity index (χ4n) is 3.08. The van der Waals surface area contributed by atoms with Crippen LogP contribution in [0.25, 0.3) is 11.0 Å². The molecule has 20 heavy (non-hydrogen) atoms. The van der Waals surface area contributed by atoms with Gasteiger partial charge in [0, 0.05) is 5.92 Å². The molecular formula is C16H24N4. The highest BCUT2D eigenvalue weighted by Crippen LogP contribution is 2.27. The maximum absolute atomic E-state index is 5.55. The summed E-state index contributed by atoms with van der Waals surface area (Å²) >= 11 is 0. The van der Waals surface area contributed by atoms with Gasteiger partial charge in [-0.05, 0) is 64.0 Å². The summed E-state index contributed by atoms with van der Waals surface area (Å²) in [5.41, 5.74) is 7.80. The summed E-state index contributed by atoms with van der Waals surface area (Å²) in [6.45, 7) is 4.39. The Morgan fingerprint density at radius 1 is 1.20 bits per heavy atom. The third-order valence-corrected chi connectivity index (χ3v) is 4.31. The molecule has 1 aliphatic rings. The number of rotatable bonds is 5. The van der Waals surface area contributed by atoms with E-state index < -0.39 is 0 Å². The lowest BCUT2D eigenvalue weighted by Crippen LogP contribution is -2.34. The molecule has 0 spiro atoms. The van der Waals surface area contributed by atoms with Crippen molar-refractivity contribution in [2.45, 2.75) is 31.6 Å². The molecule has 4 nitrogen and oxygen atoms in total. The van der Waals surface area contributed by atoms with Crippen LogP contribution in [0.3, 0.4) is 0 Å². The summed E-state index contributed by atoms with van der Waals surface area (Å²) in [5.74, 6) is 1.76. The van der Waals surface area contributed by atoms with Gasteiger partial charge in [0.2, 0.25) is 0 Å². The van der Waals surface area contributed by atoms with Crippen LogP contribution in [0.4, 0.5) is 0 Å². The monoisotopic (exact) mass is 272 g/mol. The number of nitrogens with one attached hydrogen (secondary N) is 1. The lowest BCUT2D eigenvalue weighted by Gasteiger charge is -2.31. The number of nitrogens with zero attached hydrogens (tertiary/aromatic N) is 2. The summed E-state index contributed by atoms with van der Waals surface area (Å²) in [6, 6.07) is 8.29. The minimum atomic E-state index is 0.591. The molecule has 0 radical (unpaired) electrons. The third-order valence-electron chi connectivity index (χ3n) is 4.31. The molecule has 1 saturated heterocycles. The van der Waals surface area contributed by atoms with Crippen molar-refractivity contribution < 1.29 is 0 Å². The van der Waals surface area contributed by atoms with Gasteiger partial charge in [0.1, 0.15) is 5.82 Å². The molecular weight excluding hydrogens is 248 g/mol. The molecule has 108 valence electrons. The zero-order chi connectivity index (χ0) is 13.8. The first-order chi connectivity index (χ1) is 9.86. The largest absolute Gasteiger partial charge is 0.342 e. The summed E-state index contributed by atoms with van der Waals surface area (Å²) < 4.78 is 0. The van der Waals surface area contributed by atoms with Crippen LogP contribution in [0.5, 0.6) is 0 Å². The molecule has 0 bridgehead atoms. The van der Waals surface area contributed by atoms with E-state index in [2.05, 4.69) is 28.1 Å². The van der Waals surface area contributed by atoms with Gasteiger partial charge in [-0.2, -0.15) is 0 Å². The van der Waals surface area contributed by atoms with Crippen LogP contribution in [0.15, 0.2) is 24.3 Å². The second-order valence-electron chi connectivity index (χ2n) is 5.75. The standard InChI is InChI=1S/C16H24N4/c17-9-3-4-10-20-11-7-13(8-12-20)16-18-14-5-1-2-6-15(14)19-16/h1-2,5-6,13H,3-4,7-12,17H2,(H,18,19). The van der Waals surface area contributed by atoms with Crippen LogP contribution < -0.4 is 5.73 Å². The number of H-pyrrole nitrogens is 1. The Kier molecular flexibility index (Phi) is 4.33. The highest BCUT2D eigenvalue weighted by molar-refractivity contribution is 5.74. The first kappa shape index (κ1) is 13.6. The molecule has 0 saturated carbocycles. The first-order valence-electron chi connectivity index (χ1n) is 7.74. The van der Waals surface area contributed by atoms with Crippen molar-refractivity contribution >= 4 is 11.0 Å². The first-order valence-corrected chi connectivity index (χ1v) is 7.74. The third kappa shape index (κ3) is 3.02. The van der Waals surface area contributed by atoms with Crippen LogP contribution in [0, 0.1) is 0 Å². The molecule has 2 heterocycles. The van der Waals surface area contributed by atoms with Crippen molar-refractivity contribution in [1.29, 1.82) is 0 Å². The molecule has 2 aromatic rings. The van der Waals surface area contributed by atoms with Gasteiger partial charge < -0.3 is 15.6 Å². The fourth-order valence-corrected chi connectivity index (χ4v) is 3.08. The Bertz CT molecular complexity index is 507.